The molecule has 0 atom stereocenters. The smallest absolute Gasteiger partial charge is 0.236 e. The summed E-state index contributed by atoms with van der Waals surface area (Å²) in [5, 5.41) is 3.24. The first-order chi connectivity index (χ1) is 12.4. The number of carbonyl (C=O) groups excluding carboxylic acids is 1. The number of thioether (sulfide) groups is 1. The Hall–Kier alpha value is -1.49. The molecule has 1 aromatic carbocycles. The Labute approximate surface area is 159 Å². The van der Waals surface area contributed by atoms with E-state index in [4.69, 9.17) is 0 Å². The predicted octanol–water partition coefficient (Wildman–Crippen LogP) is 2.72. The minimum atomic E-state index is -3.23. The minimum Gasteiger partial charge on any atom is -0.301 e. The first-order valence-corrected chi connectivity index (χ1v) is 11.4. The van der Waals surface area contributed by atoms with Gasteiger partial charge >= 0.3 is 0 Å². The van der Waals surface area contributed by atoms with E-state index in [1.807, 2.05) is 0 Å². The Balaban J connectivity index is 1.58. The van der Waals surface area contributed by atoms with Crippen LogP contribution in [0.15, 0.2) is 29.2 Å². The molecule has 10 heteroatoms. The van der Waals surface area contributed by atoms with Crippen molar-refractivity contribution < 1.29 is 17.6 Å². The van der Waals surface area contributed by atoms with E-state index in [1.165, 1.54) is 39.5 Å². The largest absolute Gasteiger partial charge is 0.301 e. The van der Waals surface area contributed by atoms with Gasteiger partial charge < -0.3 is 5.32 Å². The molecule has 0 bridgehead atoms. The number of nitrogens with zero attached hydrogens (tertiary/aromatic N) is 2. The van der Waals surface area contributed by atoms with E-state index in [9.17, 15) is 17.6 Å². The van der Waals surface area contributed by atoms with Crippen LogP contribution in [0.5, 0.6) is 0 Å². The van der Waals surface area contributed by atoms with Gasteiger partial charge in [-0.15, -0.1) is 23.1 Å². The van der Waals surface area contributed by atoms with Crippen LogP contribution < -0.4 is 5.32 Å². The number of amides is 1. The van der Waals surface area contributed by atoms with Gasteiger partial charge in [-0.1, -0.05) is 0 Å². The van der Waals surface area contributed by atoms with E-state index in [1.54, 1.807) is 19.1 Å². The number of nitrogens with one attached hydrogen (secondary N) is 1. The number of anilines is 1. The molecule has 1 amide bonds. The van der Waals surface area contributed by atoms with Crippen LogP contribution in [0.1, 0.15) is 17.5 Å². The maximum absolute atomic E-state index is 12.9. The molecule has 1 aliphatic heterocycles. The molecule has 0 saturated heterocycles. The van der Waals surface area contributed by atoms with Gasteiger partial charge in [0.2, 0.25) is 15.9 Å². The molecule has 0 saturated carbocycles. The van der Waals surface area contributed by atoms with E-state index in [0.29, 0.717) is 24.6 Å². The molecule has 1 N–H and O–H groups in total. The number of fused-ring (bicyclic) bond motifs is 1. The van der Waals surface area contributed by atoms with Crippen molar-refractivity contribution in [2.24, 2.45) is 0 Å². The summed E-state index contributed by atoms with van der Waals surface area (Å²) in [4.78, 5) is 18.2. The number of carbonyl (C=O) groups is 1. The Morgan fingerprint density at radius 2 is 2.12 bits per heavy atom. The van der Waals surface area contributed by atoms with Gasteiger partial charge in [0, 0.05) is 29.3 Å². The zero-order valence-electron chi connectivity index (χ0n) is 14.1. The molecule has 0 unspecified atom stereocenters. The molecule has 6 nitrogen and oxygen atoms in total. The lowest BCUT2D eigenvalue weighted by molar-refractivity contribution is -0.113. The van der Waals surface area contributed by atoms with E-state index in [-0.39, 0.29) is 23.2 Å². The molecule has 26 heavy (non-hydrogen) atoms. The van der Waals surface area contributed by atoms with Gasteiger partial charge in [0.05, 0.1) is 17.2 Å². The Kier molecular flexibility index (Phi) is 5.96. The van der Waals surface area contributed by atoms with Gasteiger partial charge in [-0.2, -0.15) is 4.31 Å². The summed E-state index contributed by atoms with van der Waals surface area (Å²) in [5.74, 6) is -0.257. The van der Waals surface area contributed by atoms with Crippen molar-refractivity contribution in [2.75, 3.05) is 23.4 Å². The van der Waals surface area contributed by atoms with Crippen molar-refractivity contribution in [2.45, 2.75) is 24.8 Å². The molecular weight excluding hydrogens is 397 g/mol. The number of rotatable bonds is 6. The van der Waals surface area contributed by atoms with Crippen LogP contribution in [-0.4, -0.2) is 41.7 Å². The monoisotopic (exact) mass is 415 g/mol. The van der Waals surface area contributed by atoms with Crippen molar-refractivity contribution in [3.05, 3.63) is 40.7 Å². The normalized spacial score (nSPS) is 14.8. The van der Waals surface area contributed by atoms with Gasteiger partial charge in [0.15, 0.2) is 5.13 Å². The average molecular weight is 416 g/mol. The lowest BCUT2D eigenvalue weighted by Gasteiger charge is -2.24. The van der Waals surface area contributed by atoms with E-state index in [2.05, 4.69) is 10.3 Å². The second-order valence-electron chi connectivity index (χ2n) is 5.66. The summed E-state index contributed by atoms with van der Waals surface area (Å²) in [6, 6.07) is 5.95. The second-order valence-corrected chi connectivity index (χ2v) is 10.1. The molecule has 0 spiro atoms. The molecule has 140 valence electrons. The minimum absolute atomic E-state index is 0.0747. The highest BCUT2D eigenvalue weighted by molar-refractivity contribution is 8.00. The molecule has 3 rings (SSSR count). The molecule has 1 aromatic heterocycles. The van der Waals surface area contributed by atoms with Gasteiger partial charge in [0.1, 0.15) is 5.82 Å². The van der Waals surface area contributed by atoms with Crippen LogP contribution in [0.2, 0.25) is 0 Å². The zero-order valence-corrected chi connectivity index (χ0v) is 16.5. The highest BCUT2D eigenvalue weighted by atomic mass is 32.2. The van der Waals surface area contributed by atoms with Gasteiger partial charge in [0.25, 0.3) is 0 Å². The third kappa shape index (κ3) is 4.61. The first kappa shape index (κ1) is 19.3. The third-order valence-corrected chi connectivity index (χ3v) is 7.72. The summed E-state index contributed by atoms with van der Waals surface area (Å²) >= 11 is 2.62. The van der Waals surface area contributed by atoms with Crippen LogP contribution in [0, 0.1) is 5.82 Å². The molecule has 1 aliphatic rings. The fraction of sp³-hybridized carbons (Fsp3) is 0.375. The van der Waals surface area contributed by atoms with E-state index < -0.39 is 10.0 Å². The Bertz CT molecular complexity index is 897. The maximum atomic E-state index is 12.9. The standard InChI is InChI=1S/C16H18FN3O3S3/c1-2-26(22,23)20-8-7-13-14(9-20)25-16(18-13)19-15(21)10-24-12-5-3-11(17)4-6-12/h3-6H,2,7-10H2,1H3,(H,18,19,21). The maximum Gasteiger partial charge on any atom is 0.236 e. The number of halogens is 1. The molecule has 2 heterocycles. The van der Waals surface area contributed by atoms with Gasteiger partial charge in [-0.3, -0.25) is 4.79 Å². The summed E-state index contributed by atoms with van der Waals surface area (Å²) in [6.45, 7) is 2.35. The van der Waals surface area contributed by atoms with Crippen LogP contribution in [0.25, 0.3) is 0 Å². The number of sulfonamides is 1. The Morgan fingerprint density at radius 3 is 2.81 bits per heavy atom. The van der Waals surface area contributed by atoms with Crippen molar-refractivity contribution in [1.29, 1.82) is 0 Å². The molecule has 0 radical (unpaired) electrons. The lowest BCUT2D eigenvalue weighted by Crippen LogP contribution is -2.36. The number of thiazole rings is 1. The van der Waals surface area contributed by atoms with Crippen LogP contribution in [-0.2, 0) is 27.8 Å². The summed E-state index contributed by atoms with van der Waals surface area (Å²) in [6.07, 6.45) is 0.547. The van der Waals surface area contributed by atoms with Crippen LogP contribution in [0.4, 0.5) is 9.52 Å². The van der Waals surface area contributed by atoms with Crippen molar-refractivity contribution >= 4 is 44.2 Å². The number of benzene rings is 1. The van der Waals surface area contributed by atoms with Crippen molar-refractivity contribution in [1.82, 2.24) is 9.29 Å². The van der Waals surface area contributed by atoms with Crippen LogP contribution >= 0.6 is 23.1 Å². The van der Waals surface area contributed by atoms with Crippen molar-refractivity contribution in [3.63, 3.8) is 0 Å². The van der Waals surface area contributed by atoms with Gasteiger partial charge in [-0.25, -0.2) is 17.8 Å². The van der Waals surface area contributed by atoms with E-state index in [0.717, 1.165) is 15.5 Å². The lowest BCUT2D eigenvalue weighted by atomic mass is 10.2. The quantitative estimate of drug-likeness (QED) is 0.734. The van der Waals surface area contributed by atoms with Crippen LogP contribution in [0.3, 0.4) is 0 Å². The van der Waals surface area contributed by atoms with Gasteiger partial charge in [-0.05, 0) is 31.2 Å². The Morgan fingerprint density at radius 1 is 1.38 bits per heavy atom. The summed E-state index contributed by atoms with van der Waals surface area (Å²) in [7, 11) is -3.23. The van der Waals surface area contributed by atoms with Crippen molar-refractivity contribution in [3.8, 4) is 0 Å². The average Bonchev–Trinajstić information content (AvgIpc) is 3.02. The number of hydrogen-bond donors (Lipinski definition) is 1. The molecule has 0 fully saturated rings. The molecule has 0 aliphatic carbocycles. The first-order valence-electron chi connectivity index (χ1n) is 8.02. The number of aromatic nitrogens is 1. The SMILES string of the molecule is CCS(=O)(=O)N1CCc2nc(NC(=O)CSc3ccc(F)cc3)sc2C1. The summed E-state index contributed by atoms with van der Waals surface area (Å²) < 4.78 is 38.3. The van der Waals surface area contributed by atoms with E-state index >= 15 is 0 Å². The fourth-order valence-electron chi connectivity index (χ4n) is 2.48. The fourth-order valence-corrected chi connectivity index (χ4v) is 5.36. The number of hydrogen-bond acceptors (Lipinski definition) is 6. The second kappa shape index (κ2) is 8.03. The summed E-state index contributed by atoms with van der Waals surface area (Å²) in [5.41, 5.74) is 0.846. The highest BCUT2D eigenvalue weighted by Gasteiger charge is 2.28. The molecule has 2 aromatic rings. The highest BCUT2D eigenvalue weighted by Crippen LogP contribution is 2.29. The third-order valence-electron chi connectivity index (χ3n) is 3.88. The predicted molar refractivity (Wildman–Crippen MR) is 101 cm³/mol. The topological polar surface area (TPSA) is 79.4 Å². The zero-order chi connectivity index (χ0) is 18.7. The molecular formula is C16H18FN3O3S3.